The summed E-state index contributed by atoms with van der Waals surface area (Å²) in [5, 5.41) is 9.82. The van der Waals surface area contributed by atoms with Crippen LogP contribution in [0.5, 0.6) is 5.75 Å². The molecule has 2 heterocycles. The van der Waals surface area contributed by atoms with Crippen LogP contribution in [0.25, 0.3) is 17.1 Å². The fraction of sp³-hybridized carbons (Fsp3) is 0.240. The molecule has 2 aromatic carbocycles. The molecule has 0 unspecified atom stereocenters. The molecule has 0 spiro atoms. The number of aromatic nitrogens is 4. The molecule has 0 aliphatic heterocycles. The van der Waals surface area contributed by atoms with Gasteiger partial charge in [-0.25, -0.2) is 0 Å². The van der Waals surface area contributed by atoms with Gasteiger partial charge in [0.25, 0.3) is 0 Å². The van der Waals surface area contributed by atoms with Gasteiger partial charge in [-0.05, 0) is 52.9 Å². The molecular weight excluding hydrogens is 404 g/mol. The standard InChI is InChI=1S/C25H26N4OS/c1-25(2,3)20-9-7-18(8-10-20)17-31-24-28-27-23(19-6-5-15-26-16-19)29(24)21-11-13-22(30-4)14-12-21/h5-16H,17H2,1-4H3. The van der Waals surface area contributed by atoms with Gasteiger partial charge in [-0.15, -0.1) is 10.2 Å². The van der Waals surface area contributed by atoms with Crippen LogP contribution in [0.2, 0.25) is 0 Å². The van der Waals surface area contributed by atoms with Crippen LogP contribution in [-0.2, 0) is 11.2 Å². The fourth-order valence-electron chi connectivity index (χ4n) is 3.26. The van der Waals surface area contributed by atoms with Crippen molar-refractivity contribution in [3.05, 3.63) is 84.2 Å². The molecule has 6 heteroatoms. The lowest BCUT2D eigenvalue weighted by Crippen LogP contribution is -2.10. The average molecular weight is 431 g/mol. The topological polar surface area (TPSA) is 52.8 Å². The van der Waals surface area contributed by atoms with Crippen molar-refractivity contribution >= 4 is 11.8 Å². The van der Waals surface area contributed by atoms with Gasteiger partial charge < -0.3 is 4.74 Å². The smallest absolute Gasteiger partial charge is 0.196 e. The number of ether oxygens (including phenoxy) is 1. The summed E-state index contributed by atoms with van der Waals surface area (Å²) in [5.74, 6) is 2.39. The molecule has 0 radical (unpaired) electrons. The molecule has 0 aliphatic carbocycles. The second-order valence-corrected chi connectivity index (χ2v) is 9.26. The van der Waals surface area contributed by atoms with Crippen LogP contribution in [0.15, 0.2) is 78.2 Å². The Morgan fingerprint density at radius 2 is 1.68 bits per heavy atom. The first-order valence-electron chi connectivity index (χ1n) is 10.2. The maximum Gasteiger partial charge on any atom is 0.196 e. The summed E-state index contributed by atoms with van der Waals surface area (Å²) >= 11 is 1.67. The van der Waals surface area contributed by atoms with Crippen molar-refractivity contribution < 1.29 is 4.74 Å². The Labute approximate surface area is 187 Å². The summed E-state index contributed by atoms with van der Waals surface area (Å²) in [4.78, 5) is 4.25. The van der Waals surface area contributed by atoms with E-state index in [0.717, 1.165) is 33.7 Å². The molecule has 0 fully saturated rings. The minimum Gasteiger partial charge on any atom is -0.497 e. The number of benzene rings is 2. The second-order valence-electron chi connectivity index (χ2n) is 8.32. The van der Waals surface area contributed by atoms with Crippen molar-refractivity contribution in [1.82, 2.24) is 19.7 Å². The molecule has 4 rings (SSSR count). The Morgan fingerprint density at radius 3 is 2.29 bits per heavy atom. The number of hydrogen-bond acceptors (Lipinski definition) is 5. The highest BCUT2D eigenvalue weighted by Crippen LogP contribution is 2.31. The Hall–Kier alpha value is -3.12. The zero-order chi connectivity index (χ0) is 21.8. The van der Waals surface area contributed by atoms with Crippen LogP contribution in [0, 0.1) is 0 Å². The summed E-state index contributed by atoms with van der Waals surface area (Å²) in [6.45, 7) is 6.69. The van der Waals surface area contributed by atoms with Crippen molar-refractivity contribution in [1.29, 1.82) is 0 Å². The summed E-state index contributed by atoms with van der Waals surface area (Å²) in [6, 6.07) is 20.7. The van der Waals surface area contributed by atoms with Gasteiger partial charge in [0.2, 0.25) is 0 Å². The number of thioether (sulfide) groups is 1. The van der Waals surface area contributed by atoms with Crippen LogP contribution in [0.4, 0.5) is 0 Å². The normalized spacial score (nSPS) is 11.5. The zero-order valence-corrected chi connectivity index (χ0v) is 19.1. The third-order valence-corrected chi connectivity index (χ3v) is 6.07. The van der Waals surface area contributed by atoms with Crippen molar-refractivity contribution in [3.8, 4) is 22.8 Å². The van der Waals surface area contributed by atoms with Crippen LogP contribution < -0.4 is 4.74 Å². The molecule has 5 nitrogen and oxygen atoms in total. The minimum atomic E-state index is 0.152. The molecule has 0 amide bonds. The van der Waals surface area contributed by atoms with Crippen molar-refractivity contribution in [2.75, 3.05) is 7.11 Å². The Bertz CT molecular complexity index is 1130. The number of nitrogens with zero attached hydrogens (tertiary/aromatic N) is 4. The monoisotopic (exact) mass is 430 g/mol. The Morgan fingerprint density at radius 1 is 0.935 bits per heavy atom. The van der Waals surface area contributed by atoms with Crippen LogP contribution in [0.3, 0.4) is 0 Å². The molecule has 0 aliphatic rings. The lowest BCUT2D eigenvalue weighted by molar-refractivity contribution is 0.414. The van der Waals surface area contributed by atoms with Gasteiger partial charge in [-0.2, -0.15) is 0 Å². The molecule has 31 heavy (non-hydrogen) atoms. The third-order valence-electron chi connectivity index (χ3n) is 5.07. The van der Waals surface area contributed by atoms with E-state index in [4.69, 9.17) is 4.74 Å². The highest BCUT2D eigenvalue weighted by Gasteiger charge is 2.17. The third kappa shape index (κ3) is 4.80. The first kappa shape index (κ1) is 21.1. The molecular formula is C25H26N4OS. The predicted octanol–water partition coefficient (Wildman–Crippen LogP) is 5.93. The van der Waals surface area contributed by atoms with Crippen molar-refractivity contribution in [2.45, 2.75) is 37.1 Å². The van der Waals surface area contributed by atoms with Crippen molar-refractivity contribution in [3.63, 3.8) is 0 Å². The number of hydrogen-bond donors (Lipinski definition) is 0. The molecule has 0 saturated carbocycles. The van der Waals surface area contributed by atoms with Crippen molar-refractivity contribution in [2.24, 2.45) is 0 Å². The Kier molecular flexibility index (Phi) is 6.09. The predicted molar refractivity (Wildman–Crippen MR) is 126 cm³/mol. The van der Waals surface area contributed by atoms with E-state index in [1.54, 1.807) is 25.1 Å². The number of pyridine rings is 1. The first-order valence-corrected chi connectivity index (χ1v) is 11.2. The van der Waals surface area contributed by atoms with Crippen LogP contribution >= 0.6 is 11.8 Å². The summed E-state index contributed by atoms with van der Waals surface area (Å²) < 4.78 is 7.39. The fourth-order valence-corrected chi connectivity index (χ4v) is 4.17. The van der Waals surface area contributed by atoms with Crippen LogP contribution in [0.1, 0.15) is 31.9 Å². The van der Waals surface area contributed by atoms with E-state index >= 15 is 0 Å². The van der Waals surface area contributed by atoms with E-state index < -0.39 is 0 Å². The second kappa shape index (κ2) is 8.94. The lowest BCUT2D eigenvalue weighted by atomic mass is 9.87. The lowest BCUT2D eigenvalue weighted by Gasteiger charge is -2.19. The summed E-state index contributed by atoms with van der Waals surface area (Å²) in [5.41, 5.74) is 4.65. The molecule has 2 aromatic heterocycles. The van der Waals surface area contributed by atoms with Gasteiger partial charge in [-0.3, -0.25) is 9.55 Å². The first-order chi connectivity index (χ1) is 15.0. The van der Waals surface area contributed by atoms with Gasteiger partial charge in [0, 0.05) is 29.4 Å². The highest BCUT2D eigenvalue weighted by molar-refractivity contribution is 7.98. The minimum absolute atomic E-state index is 0.152. The molecule has 0 bridgehead atoms. The average Bonchev–Trinajstić information content (AvgIpc) is 3.22. The number of methoxy groups -OCH3 is 1. The SMILES string of the molecule is COc1ccc(-n2c(SCc3ccc(C(C)(C)C)cc3)nnc2-c2cccnc2)cc1. The van der Waals surface area contributed by atoms with E-state index in [9.17, 15) is 0 Å². The maximum absolute atomic E-state index is 5.31. The molecule has 4 aromatic rings. The van der Waals surface area contributed by atoms with Gasteiger partial charge in [-0.1, -0.05) is 56.8 Å². The zero-order valence-electron chi connectivity index (χ0n) is 18.2. The summed E-state index contributed by atoms with van der Waals surface area (Å²) in [6.07, 6.45) is 3.57. The van der Waals surface area contributed by atoms with E-state index in [0.29, 0.717) is 0 Å². The molecule has 0 N–H and O–H groups in total. The quantitative estimate of drug-likeness (QED) is 0.355. The van der Waals surface area contributed by atoms with E-state index in [-0.39, 0.29) is 5.41 Å². The molecule has 0 atom stereocenters. The Balaban J connectivity index is 1.65. The van der Waals surface area contributed by atoms with E-state index in [2.05, 4.69) is 64.8 Å². The molecule has 158 valence electrons. The van der Waals surface area contributed by atoms with Gasteiger partial charge >= 0.3 is 0 Å². The van der Waals surface area contributed by atoms with Gasteiger partial charge in [0.1, 0.15) is 5.75 Å². The van der Waals surface area contributed by atoms with Crippen LogP contribution in [-0.4, -0.2) is 26.9 Å². The van der Waals surface area contributed by atoms with E-state index in [1.807, 2.05) is 42.6 Å². The van der Waals surface area contributed by atoms with E-state index in [1.165, 1.54) is 11.1 Å². The largest absolute Gasteiger partial charge is 0.497 e. The highest BCUT2D eigenvalue weighted by atomic mass is 32.2. The van der Waals surface area contributed by atoms with Gasteiger partial charge in [0.15, 0.2) is 11.0 Å². The summed E-state index contributed by atoms with van der Waals surface area (Å²) in [7, 11) is 1.67. The number of rotatable bonds is 6. The molecule has 0 saturated heterocycles. The van der Waals surface area contributed by atoms with Gasteiger partial charge in [0.05, 0.1) is 7.11 Å². The maximum atomic E-state index is 5.31.